The van der Waals surface area contributed by atoms with Crippen LogP contribution in [-0.4, -0.2) is 38.0 Å². The van der Waals surface area contributed by atoms with Gasteiger partial charge in [-0.1, -0.05) is 30.3 Å². The molecule has 3 heteroatoms. The first-order valence-corrected chi connectivity index (χ1v) is 6.12. The number of piperidine rings is 1. The molecule has 1 amide bonds. The summed E-state index contributed by atoms with van der Waals surface area (Å²) in [6.07, 6.45) is 1.63. The number of benzene rings is 1. The van der Waals surface area contributed by atoms with Crippen LogP contribution >= 0.6 is 0 Å². The van der Waals surface area contributed by atoms with Gasteiger partial charge in [-0.3, -0.25) is 4.79 Å². The molecule has 1 atom stereocenters. The number of nitrogens with zero attached hydrogens (tertiary/aromatic N) is 1. The second kappa shape index (κ2) is 4.88. The van der Waals surface area contributed by atoms with Crippen molar-refractivity contribution in [1.29, 1.82) is 0 Å². The van der Waals surface area contributed by atoms with Gasteiger partial charge in [-0.05, 0) is 19.0 Å². The molecule has 0 saturated carbocycles. The third-order valence-corrected chi connectivity index (χ3v) is 3.74. The van der Waals surface area contributed by atoms with E-state index in [1.807, 2.05) is 25.1 Å². The van der Waals surface area contributed by atoms with E-state index in [2.05, 4.69) is 29.6 Å². The molecule has 1 saturated heterocycles. The summed E-state index contributed by atoms with van der Waals surface area (Å²) in [4.78, 5) is 13.8. The van der Waals surface area contributed by atoms with Crippen LogP contribution in [-0.2, 0) is 10.2 Å². The molecule has 0 bridgehead atoms. The predicted molar refractivity (Wildman–Crippen MR) is 68.9 cm³/mol. The highest BCUT2D eigenvalue weighted by atomic mass is 16.2. The molecule has 0 radical (unpaired) electrons. The lowest BCUT2D eigenvalue weighted by Gasteiger charge is -2.40. The van der Waals surface area contributed by atoms with E-state index in [1.165, 1.54) is 5.56 Å². The summed E-state index contributed by atoms with van der Waals surface area (Å²) >= 11 is 0. The maximum absolute atomic E-state index is 12.0. The highest BCUT2D eigenvalue weighted by Crippen LogP contribution is 2.35. The van der Waals surface area contributed by atoms with Gasteiger partial charge in [-0.15, -0.1) is 0 Å². The monoisotopic (exact) mass is 232 g/mol. The maximum atomic E-state index is 12.0. The van der Waals surface area contributed by atoms with Gasteiger partial charge in [-0.25, -0.2) is 0 Å². The minimum atomic E-state index is -0.0282. The Labute approximate surface area is 103 Å². The largest absolute Gasteiger partial charge is 0.346 e. The molecule has 0 spiro atoms. The number of carbonyl (C=O) groups is 1. The minimum Gasteiger partial charge on any atom is -0.346 e. The molecule has 1 fully saturated rings. The molecule has 0 aromatic heterocycles. The van der Waals surface area contributed by atoms with Crippen molar-refractivity contribution in [2.45, 2.75) is 18.3 Å². The molecule has 0 aliphatic carbocycles. The van der Waals surface area contributed by atoms with Gasteiger partial charge in [0.2, 0.25) is 5.91 Å². The first kappa shape index (κ1) is 12.1. The third kappa shape index (κ3) is 2.34. The fraction of sp³-hybridized carbons (Fsp3) is 0.500. The molecule has 1 aromatic carbocycles. The summed E-state index contributed by atoms with van der Waals surface area (Å²) in [7, 11) is 3.84. The smallest absolute Gasteiger partial charge is 0.223 e. The zero-order valence-electron chi connectivity index (χ0n) is 10.6. The predicted octanol–water partition coefficient (Wildman–Crippen LogP) is 1.40. The fourth-order valence-corrected chi connectivity index (χ4v) is 2.65. The van der Waals surface area contributed by atoms with Crippen molar-refractivity contribution in [3.63, 3.8) is 0 Å². The number of likely N-dealkylation sites (tertiary alicyclic amines) is 1. The Hall–Kier alpha value is -1.35. The van der Waals surface area contributed by atoms with Crippen LogP contribution in [0.15, 0.2) is 30.3 Å². The van der Waals surface area contributed by atoms with Crippen LogP contribution in [0, 0.1) is 0 Å². The van der Waals surface area contributed by atoms with Crippen molar-refractivity contribution < 1.29 is 4.79 Å². The van der Waals surface area contributed by atoms with Crippen molar-refractivity contribution in [1.82, 2.24) is 10.2 Å². The SMILES string of the molecule is CNCC1(c2ccccc2)CCN(C)C(=O)C1. The average Bonchev–Trinajstić information content (AvgIpc) is 2.35. The Morgan fingerprint density at radius 2 is 2.06 bits per heavy atom. The molecule has 1 N–H and O–H groups in total. The highest BCUT2D eigenvalue weighted by molar-refractivity contribution is 5.78. The molecular formula is C14H20N2O. The number of likely N-dealkylation sites (N-methyl/N-ethyl adjacent to an activating group) is 1. The van der Waals surface area contributed by atoms with E-state index in [9.17, 15) is 4.79 Å². The van der Waals surface area contributed by atoms with Crippen LogP contribution in [0.2, 0.25) is 0 Å². The van der Waals surface area contributed by atoms with Gasteiger partial charge in [0, 0.05) is 32.0 Å². The lowest BCUT2D eigenvalue weighted by molar-refractivity contribution is -0.134. The number of rotatable bonds is 3. The molecular weight excluding hydrogens is 212 g/mol. The molecule has 1 unspecified atom stereocenters. The lowest BCUT2D eigenvalue weighted by Crippen LogP contribution is -2.48. The van der Waals surface area contributed by atoms with E-state index in [1.54, 1.807) is 0 Å². The minimum absolute atomic E-state index is 0.0282. The topological polar surface area (TPSA) is 32.3 Å². The van der Waals surface area contributed by atoms with E-state index in [0.717, 1.165) is 19.5 Å². The van der Waals surface area contributed by atoms with Gasteiger partial charge in [0.1, 0.15) is 0 Å². The van der Waals surface area contributed by atoms with Gasteiger partial charge < -0.3 is 10.2 Å². The summed E-state index contributed by atoms with van der Waals surface area (Å²) in [6, 6.07) is 10.4. The number of carbonyl (C=O) groups excluding carboxylic acids is 1. The molecule has 92 valence electrons. The van der Waals surface area contributed by atoms with Crippen LogP contribution in [0.25, 0.3) is 0 Å². The van der Waals surface area contributed by atoms with E-state index < -0.39 is 0 Å². The zero-order chi connectivity index (χ0) is 12.3. The van der Waals surface area contributed by atoms with Gasteiger partial charge in [-0.2, -0.15) is 0 Å². The highest BCUT2D eigenvalue weighted by Gasteiger charge is 2.38. The molecule has 1 heterocycles. The van der Waals surface area contributed by atoms with E-state index in [0.29, 0.717) is 6.42 Å². The normalized spacial score (nSPS) is 25.1. The molecule has 3 nitrogen and oxygen atoms in total. The van der Waals surface area contributed by atoms with Gasteiger partial charge in [0.25, 0.3) is 0 Å². The maximum Gasteiger partial charge on any atom is 0.223 e. The van der Waals surface area contributed by atoms with Crippen LogP contribution in [0.5, 0.6) is 0 Å². The van der Waals surface area contributed by atoms with Gasteiger partial charge in [0.05, 0.1) is 0 Å². The molecule has 1 aliphatic heterocycles. The Morgan fingerprint density at radius 3 is 2.65 bits per heavy atom. The van der Waals surface area contributed by atoms with E-state index in [-0.39, 0.29) is 11.3 Å². The van der Waals surface area contributed by atoms with Crippen LogP contribution in [0.4, 0.5) is 0 Å². The van der Waals surface area contributed by atoms with Crippen LogP contribution in [0.3, 0.4) is 0 Å². The number of amides is 1. The number of nitrogens with one attached hydrogen (secondary N) is 1. The molecule has 1 aliphatic rings. The van der Waals surface area contributed by atoms with Crippen molar-refractivity contribution in [2.75, 3.05) is 27.2 Å². The molecule has 17 heavy (non-hydrogen) atoms. The summed E-state index contributed by atoms with van der Waals surface area (Å²) in [5.74, 6) is 0.246. The Morgan fingerprint density at radius 1 is 1.35 bits per heavy atom. The van der Waals surface area contributed by atoms with Crippen LogP contribution < -0.4 is 5.32 Å². The first-order valence-electron chi connectivity index (χ1n) is 6.12. The first-order chi connectivity index (χ1) is 8.18. The Bertz CT molecular complexity index is 390. The summed E-state index contributed by atoms with van der Waals surface area (Å²) in [6.45, 7) is 1.70. The van der Waals surface area contributed by atoms with Crippen molar-refractivity contribution >= 4 is 5.91 Å². The summed E-state index contributed by atoms with van der Waals surface area (Å²) in [5.41, 5.74) is 1.25. The second-order valence-electron chi connectivity index (χ2n) is 4.92. The van der Waals surface area contributed by atoms with Gasteiger partial charge >= 0.3 is 0 Å². The Balaban J connectivity index is 2.30. The third-order valence-electron chi connectivity index (χ3n) is 3.74. The van der Waals surface area contributed by atoms with Crippen LogP contribution in [0.1, 0.15) is 18.4 Å². The Kier molecular flexibility index (Phi) is 3.48. The van der Waals surface area contributed by atoms with Crippen molar-refractivity contribution in [3.8, 4) is 0 Å². The van der Waals surface area contributed by atoms with Gasteiger partial charge in [0.15, 0.2) is 0 Å². The average molecular weight is 232 g/mol. The number of hydrogen-bond acceptors (Lipinski definition) is 2. The fourth-order valence-electron chi connectivity index (χ4n) is 2.65. The number of hydrogen-bond donors (Lipinski definition) is 1. The van der Waals surface area contributed by atoms with E-state index in [4.69, 9.17) is 0 Å². The molecule has 2 rings (SSSR count). The standard InChI is InChI=1S/C14H20N2O/c1-15-11-14(12-6-4-3-5-7-12)8-9-16(2)13(17)10-14/h3-7,15H,8-11H2,1-2H3. The summed E-state index contributed by atoms with van der Waals surface area (Å²) in [5, 5.41) is 3.24. The van der Waals surface area contributed by atoms with Crippen molar-refractivity contribution in [2.24, 2.45) is 0 Å². The van der Waals surface area contributed by atoms with Crippen molar-refractivity contribution in [3.05, 3.63) is 35.9 Å². The quantitative estimate of drug-likeness (QED) is 0.854. The lowest BCUT2D eigenvalue weighted by atomic mass is 9.72. The molecule has 1 aromatic rings. The van der Waals surface area contributed by atoms with E-state index >= 15 is 0 Å². The second-order valence-corrected chi connectivity index (χ2v) is 4.92. The summed E-state index contributed by atoms with van der Waals surface area (Å²) < 4.78 is 0. The zero-order valence-corrected chi connectivity index (χ0v) is 10.6.